The Kier molecular flexibility index (Phi) is 5.61. The van der Waals surface area contributed by atoms with Crippen LogP contribution in [0, 0.1) is 11.8 Å². The summed E-state index contributed by atoms with van der Waals surface area (Å²) in [6, 6.07) is 18.8. The van der Waals surface area contributed by atoms with Crippen molar-refractivity contribution in [3.63, 3.8) is 0 Å². The third kappa shape index (κ3) is 3.38. The van der Waals surface area contributed by atoms with Crippen LogP contribution in [0.25, 0.3) is 6.08 Å². The predicted octanol–water partition coefficient (Wildman–Crippen LogP) is 5.62. The highest BCUT2D eigenvalue weighted by atomic mass is 79.9. The molecule has 8 heteroatoms. The zero-order chi connectivity index (χ0) is 25.1. The summed E-state index contributed by atoms with van der Waals surface area (Å²) < 4.78 is 6.81. The number of methoxy groups -OCH3 is 1. The molecule has 0 spiro atoms. The fourth-order valence-corrected chi connectivity index (χ4v) is 6.50. The SMILES string of the molecule is COc1ccc(C(=O)[C@@H]2[C@@H]3C(=O)N(c4ccc(Br)cc4)C(=O)[C@H]3[C@H]3c4ccccc4C=CN23)cc1Br. The molecule has 0 N–H and O–H groups in total. The molecule has 3 aliphatic rings. The minimum absolute atomic E-state index is 0.210. The third-order valence-electron chi connectivity index (χ3n) is 7.25. The van der Waals surface area contributed by atoms with E-state index in [4.69, 9.17) is 4.74 Å². The molecule has 3 aliphatic heterocycles. The number of fused-ring (bicyclic) bond motifs is 5. The fourth-order valence-electron chi connectivity index (χ4n) is 5.69. The molecule has 0 aromatic heterocycles. The maximum Gasteiger partial charge on any atom is 0.240 e. The summed E-state index contributed by atoms with van der Waals surface area (Å²) in [6.07, 6.45) is 3.80. The zero-order valence-corrected chi connectivity index (χ0v) is 22.3. The van der Waals surface area contributed by atoms with Gasteiger partial charge in [0.1, 0.15) is 11.8 Å². The molecule has 6 rings (SSSR count). The van der Waals surface area contributed by atoms with E-state index in [1.54, 1.807) is 49.6 Å². The number of halogens is 2. The molecule has 3 aromatic carbocycles. The van der Waals surface area contributed by atoms with Crippen LogP contribution in [0.5, 0.6) is 5.75 Å². The van der Waals surface area contributed by atoms with Gasteiger partial charge in [-0.05, 0) is 75.6 Å². The van der Waals surface area contributed by atoms with Gasteiger partial charge in [-0.25, -0.2) is 4.90 Å². The molecule has 36 heavy (non-hydrogen) atoms. The molecule has 2 fully saturated rings. The standard InChI is InChI=1S/C28H20Br2N2O4/c1-36-21-11-6-16(14-20(21)30)26(33)25-23-22(24-19-5-3-2-4-15(19)12-13-31(24)25)27(34)32(28(23)35)18-9-7-17(29)8-10-18/h2-14,22-25H,1H3/t22-,23-,24-,25+/m1/s1. The van der Waals surface area contributed by atoms with E-state index in [2.05, 4.69) is 31.9 Å². The van der Waals surface area contributed by atoms with E-state index in [0.717, 1.165) is 15.6 Å². The van der Waals surface area contributed by atoms with Crippen molar-refractivity contribution < 1.29 is 19.1 Å². The number of benzene rings is 3. The van der Waals surface area contributed by atoms with Crippen molar-refractivity contribution in [2.24, 2.45) is 11.8 Å². The smallest absolute Gasteiger partial charge is 0.240 e. The van der Waals surface area contributed by atoms with Crippen LogP contribution in [0.15, 0.2) is 81.9 Å². The van der Waals surface area contributed by atoms with Crippen molar-refractivity contribution in [3.8, 4) is 5.75 Å². The Morgan fingerprint density at radius 2 is 1.64 bits per heavy atom. The number of ether oxygens (including phenoxy) is 1. The molecule has 6 nitrogen and oxygen atoms in total. The van der Waals surface area contributed by atoms with Gasteiger partial charge in [0.05, 0.1) is 35.1 Å². The second-order valence-electron chi connectivity index (χ2n) is 9.03. The minimum atomic E-state index is -0.818. The van der Waals surface area contributed by atoms with Gasteiger partial charge in [-0.1, -0.05) is 40.2 Å². The Balaban J connectivity index is 1.48. The van der Waals surface area contributed by atoms with Gasteiger partial charge < -0.3 is 9.64 Å². The maximum absolute atomic E-state index is 14.0. The Bertz CT molecular complexity index is 1450. The van der Waals surface area contributed by atoms with Gasteiger partial charge in [0.2, 0.25) is 11.8 Å². The summed E-state index contributed by atoms with van der Waals surface area (Å²) >= 11 is 6.87. The lowest BCUT2D eigenvalue weighted by Crippen LogP contribution is -2.44. The Morgan fingerprint density at radius 3 is 2.36 bits per heavy atom. The minimum Gasteiger partial charge on any atom is -0.496 e. The molecular weight excluding hydrogens is 588 g/mol. The van der Waals surface area contributed by atoms with Crippen molar-refractivity contribution in [3.05, 3.63) is 98.6 Å². The average Bonchev–Trinajstić information content (AvgIpc) is 3.36. The Labute approximate surface area is 224 Å². The van der Waals surface area contributed by atoms with E-state index in [1.165, 1.54) is 4.90 Å². The molecule has 0 unspecified atom stereocenters. The van der Waals surface area contributed by atoms with Crippen molar-refractivity contribution in [1.82, 2.24) is 4.90 Å². The third-order valence-corrected chi connectivity index (χ3v) is 8.40. The van der Waals surface area contributed by atoms with Crippen molar-refractivity contribution in [2.45, 2.75) is 12.1 Å². The molecule has 4 atom stereocenters. The monoisotopic (exact) mass is 606 g/mol. The van der Waals surface area contributed by atoms with Crippen molar-refractivity contribution in [1.29, 1.82) is 0 Å². The van der Waals surface area contributed by atoms with Gasteiger partial charge in [0.15, 0.2) is 5.78 Å². The van der Waals surface area contributed by atoms with E-state index >= 15 is 0 Å². The highest BCUT2D eigenvalue weighted by molar-refractivity contribution is 9.10. The normalized spacial score (nSPS) is 24.0. The zero-order valence-electron chi connectivity index (χ0n) is 19.1. The summed E-state index contributed by atoms with van der Waals surface area (Å²) in [4.78, 5) is 45.0. The van der Waals surface area contributed by atoms with Gasteiger partial charge in [0, 0.05) is 16.2 Å². The van der Waals surface area contributed by atoms with Gasteiger partial charge in [-0.3, -0.25) is 14.4 Å². The summed E-state index contributed by atoms with van der Waals surface area (Å²) in [5, 5.41) is 0. The Morgan fingerprint density at radius 1 is 0.917 bits per heavy atom. The lowest BCUT2D eigenvalue weighted by atomic mass is 9.83. The summed E-state index contributed by atoms with van der Waals surface area (Å²) in [5.74, 6) is -1.72. The lowest BCUT2D eigenvalue weighted by Gasteiger charge is -2.35. The average molecular weight is 608 g/mol. The first-order valence-corrected chi connectivity index (χ1v) is 13.0. The molecule has 0 saturated carbocycles. The number of Topliss-reactive ketones (excluding diaryl/α,β-unsaturated/α-hetero) is 1. The van der Waals surface area contributed by atoms with Crippen molar-refractivity contribution >= 4 is 61.2 Å². The van der Waals surface area contributed by atoms with E-state index < -0.39 is 23.9 Å². The van der Waals surface area contributed by atoms with Gasteiger partial charge in [0.25, 0.3) is 0 Å². The highest BCUT2D eigenvalue weighted by Gasteiger charge is 2.64. The van der Waals surface area contributed by atoms with E-state index in [1.807, 2.05) is 41.4 Å². The predicted molar refractivity (Wildman–Crippen MR) is 142 cm³/mol. The first-order valence-electron chi connectivity index (χ1n) is 11.5. The van der Waals surface area contributed by atoms with Crippen LogP contribution in [-0.2, 0) is 9.59 Å². The number of anilines is 1. The van der Waals surface area contributed by atoms with Crippen molar-refractivity contribution in [2.75, 3.05) is 12.0 Å². The molecule has 0 bridgehead atoms. The Hall–Kier alpha value is -3.23. The number of hydrogen-bond donors (Lipinski definition) is 0. The van der Waals surface area contributed by atoms with Crippen LogP contribution in [0.2, 0.25) is 0 Å². The van der Waals surface area contributed by atoms with Crippen LogP contribution >= 0.6 is 31.9 Å². The molecule has 180 valence electrons. The van der Waals surface area contributed by atoms with Crippen LogP contribution in [0.4, 0.5) is 5.69 Å². The van der Waals surface area contributed by atoms with Crippen LogP contribution in [-0.4, -0.2) is 35.6 Å². The molecule has 3 aromatic rings. The summed E-state index contributed by atoms with van der Waals surface area (Å²) in [6.45, 7) is 0. The second kappa shape index (κ2) is 8.71. The van der Waals surface area contributed by atoms with Gasteiger partial charge >= 0.3 is 0 Å². The summed E-state index contributed by atoms with van der Waals surface area (Å²) in [5.41, 5.74) is 2.88. The van der Waals surface area contributed by atoms with Gasteiger partial charge in [-0.2, -0.15) is 0 Å². The number of nitrogens with zero attached hydrogens (tertiary/aromatic N) is 2. The lowest BCUT2D eigenvalue weighted by molar-refractivity contribution is -0.123. The van der Waals surface area contributed by atoms with Crippen LogP contribution < -0.4 is 9.64 Å². The number of ketones is 1. The molecule has 2 amide bonds. The van der Waals surface area contributed by atoms with E-state index in [-0.39, 0.29) is 17.6 Å². The summed E-state index contributed by atoms with van der Waals surface area (Å²) in [7, 11) is 1.56. The van der Waals surface area contributed by atoms with Crippen LogP contribution in [0.3, 0.4) is 0 Å². The first-order chi connectivity index (χ1) is 17.4. The largest absolute Gasteiger partial charge is 0.496 e. The topological polar surface area (TPSA) is 66.9 Å². The number of rotatable bonds is 4. The molecule has 3 heterocycles. The maximum atomic E-state index is 14.0. The number of hydrogen-bond acceptors (Lipinski definition) is 5. The molecule has 0 radical (unpaired) electrons. The highest BCUT2D eigenvalue weighted by Crippen LogP contribution is 2.53. The second-order valence-corrected chi connectivity index (χ2v) is 10.8. The molecule has 0 aliphatic carbocycles. The number of carbonyl (C=O) groups is 3. The van der Waals surface area contributed by atoms with Gasteiger partial charge in [-0.15, -0.1) is 0 Å². The fraction of sp³-hybridized carbons (Fsp3) is 0.179. The van der Waals surface area contributed by atoms with Crippen LogP contribution in [0.1, 0.15) is 27.5 Å². The molecule has 2 saturated heterocycles. The quantitative estimate of drug-likeness (QED) is 0.285. The van der Waals surface area contributed by atoms with E-state index in [0.29, 0.717) is 21.5 Å². The molecular formula is C28H20Br2N2O4. The number of carbonyl (C=O) groups excluding carboxylic acids is 3. The first kappa shape index (κ1) is 23.2. The van der Waals surface area contributed by atoms with E-state index in [9.17, 15) is 14.4 Å². The number of amides is 2. The number of imide groups is 1.